The first-order chi connectivity index (χ1) is 13.7. The molecule has 2 aromatic heterocycles. The van der Waals surface area contributed by atoms with Crippen LogP contribution in [0.1, 0.15) is 22.9 Å². The van der Waals surface area contributed by atoms with Crippen LogP contribution in [0.4, 0.5) is 0 Å². The number of amidine groups is 1. The van der Waals surface area contributed by atoms with Gasteiger partial charge in [-0.25, -0.2) is 4.68 Å². The summed E-state index contributed by atoms with van der Waals surface area (Å²) in [5.41, 5.74) is 13.3. The molecule has 6 nitrogen and oxygen atoms in total. The Morgan fingerprint density at radius 3 is 2.64 bits per heavy atom. The Hall–Kier alpha value is -3.45. The number of hydrogen-bond donors (Lipinski definition) is 2. The summed E-state index contributed by atoms with van der Waals surface area (Å²) in [7, 11) is 0. The van der Waals surface area contributed by atoms with Crippen molar-refractivity contribution in [1.29, 1.82) is 0 Å². The minimum atomic E-state index is -0.624. The molecule has 138 valence electrons. The topological polar surface area (TPSA) is 85.3 Å². The van der Waals surface area contributed by atoms with Crippen molar-refractivity contribution in [3.63, 3.8) is 0 Å². The summed E-state index contributed by atoms with van der Waals surface area (Å²) in [6.45, 7) is 2.11. The van der Waals surface area contributed by atoms with Crippen LogP contribution >= 0.6 is 11.3 Å². The predicted molar refractivity (Wildman–Crippen MR) is 112 cm³/mol. The van der Waals surface area contributed by atoms with Crippen LogP contribution in [-0.2, 0) is 4.79 Å². The lowest BCUT2D eigenvalue weighted by Crippen LogP contribution is -2.31. The molecule has 0 spiro atoms. The number of aryl methyl sites for hydroxylation is 1. The van der Waals surface area contributed by atoms with Gasteiger partial charge in [0.05, 0.1) is 21.8 Å². The number of hydrogen-bond acceptors (Lipinski definition) is 6. The molecule has 0 aliphatic carbocycles. The number of thiophene rings is 1. The highest BCUT2D eigenvalue weighted by atomic mass is 32.1. The summed E-state index contributed by atoms with van der Waals surface area (Å²) < 4.78 is 3.06. The fourth-order valence-electron chi connectivity index (χ4n) is 3.62. The number of nitrogens with one attached hydrogen (secondary N) is 1. The largest absolute Gasteiger partial charge is 0.382 e. The normalized spacial score (nSPS) is 15.8. The highest BCUT2D eigenvalue weighted by Crippen LogP contribution is 2.42. The maximum Gasteiger partial charge on any atom is 0.154 e. The van der Waals surface area contributed by atoms with E-state index in [1.807, 2.05) is 47.1 Å². The smallest absolute Gasteiger partial charge is 0.154 e. The van der Waals surface area contributed by atoms with Gasteiger partial charge in [0.2, 0.25) is 0 Å². The van der Waals surface area contributed by atoms with E-state index in [0.29, 0.717) is 17.1 Å². The van der Waals surface area contributed by atoms with E-state index >= 15 is 0 Å². The van der Waals surface area contributed by atoms with Gasteiger partial charge in [0.15, 0.2) is 5.84 Å². The molecule has 1 aliphatic rings. The van der Waals surface area contributed by atoms with Crippen molar-refractivity contribution in [3.8, 4) is 16.3 Å². The standard InChI is InChI=1S/C21H17N5OS/c1-12-14-9-5-6-10-16(14)28-20(12)19-17-18(15(11-27)23-24-21(17)22)25-26(19)13-7-3-2-4-8-13/h2-11,15,23H,1H3,(H2,22,24). The van der Waals surface area contributed by atoms with Crippen LogP contribution in [-0.4, -0.2) is 21.9 Å². The average Bonchev–Trinajstić information content (AvgIpc) is 3.28. The quantitative estimate of drug-likeness (QED) is 0.527. The lowest BCUT2D eigenvalue weighted by molar-refractivity contribution is -0.109. The molecule has 0 saturated carbocycles. The molecule has 2 aromatic carbocycles. The van der Waals surface area contributed by atoms with E-state index in [1.54, 1.807) is 11.3 Å². The molecule has 3 heterocycles. The number of benzene rings is 2. The number of carbonyl (C=O) groups is 1. The molecule has 3 N–H and O–H groups in total. The minimum Gasteiger partial charge on any atom is -0.382 e. The summed E-state index contributed by atoms with van der Waals surface area (Å²) in [5.74, 6) is 0.335. The number of hydrazone groups is 1. The van der Waals surface area contributed by atoms with Gasteiger partial charge in [-0.05, 0) is 36.1 Å². The second-order valence-corrected chi connectivity index (χ2v) is 7.70. The van der Waals surface area contributed by atoms with Gasteiger partial charge in [-0.2, -0.15) is 10.2 Å². The van der Waals surface area contributed by atoms with Crippen LogP contribution in [0.15, 0.2) is 59.7 Å². The molecule has 7 heteroatoms. The molecule has 0 amide bonds. The number of para-hydroxylation sites is 1. The van der Waals surface area contributed by atoms with Crippen LogP contribution in [0, 0.1) is 6.92 Å². The van der Waals surface area contributed by atoms with Crippen molar-refractivity contribution in [2.45, 2.75) is 13.0 Å². The number of carbonyl (C=O) groups excluding carboxylic acids is 1. The Labute approximate surface area is 165 Å². The maximum absolute atomic E-state index is 11.6. The fourth-order valence-corrected chi connectivity index (χ4v) is 4.87. The Balaban J connectivity index is 1.88. The zero-order chi connectivity index (χ0) is 19.3. The Morgan fingerprint density at radius 1 is 1.14 bits per heavy atom. The first-order valence-corrected chi connectivity index (χ1v) is 9.72. The zero-order valence-electron chi connectivity index (χ0n) is 15.1. The lowest BCUT2D eigenvalue weighted by Gasteiger charge is -2.16. The highest BCUT2D eigenvalue weighted by molar-refractivity contribution is 7.22. The van der Waals surface area contributed by atoms with Gasteiger partial charge in [-0.3, -0.25) is 5.43 Å². The number of aromatic nitrogens is 2. The summed E-state index contributed by atoms with van der Waals surface area (Å²) in [5, 5.41) is 10.1. The summed E-state index contributed by atoms with van der Waals surface area (Å²) in [6.07, 6.45) is 0.804. The monoisotopic (exact) mass is 387 g/mol. The maximum atomic E-state index is 11.6. The molecule has 1 aliphatic heterocycles. The van der Waals surface area contributed by atoms with Crippen molar-refractivity contribution in [3.05, 3.63) is 71.4 Å². The molecular formula is C21H17N5OS. The molecule has 4 aromatic rings. The van der Waals surface area contributed by atoms with E-state index in [0.717, 1.165) is 28.1 Å². The first-order valence-electron chi connectivity index (χ1n) is 8.90. The summed E-state index contributed by atoms with van der Waals surface area (Å²) >= 11 is 1.69. The van der Waals surface area contributed by atoms with E-state index < -0.39 is 6.04 Å². The van der Waals surface area contributed by atoms with Crippen molar-refractivity contribution in [2.75, 3.05) is 0 Å². The molecule has 0 radical (unpaired) electrons. The Kier molecular flexibility index (Phi) is 3.77. The van der Waals surface area contributed by atoms with Gasteiger partial charge in [0, 0.05) is 4.70 Å². The predicted octanol–water partition coefficient (Wildman–Crippen LogP) is 3.53. The van der Waals surface area contributed by atoms with Crippen LogP contribution in [0.25, 0.3) is 26.3 Å². The second-order valence-electron chi connectivity index (χ2n) is 6.65. The van der Waals surface area contributed by atoms with Gasteiger partial charge in [-0.1, -0.05) is 36.4 Å². The Bertz CT molecular complexity index is 1240. The first kappa shape index (κ1) is 16.7. The summed E-state index contributed by atoms with van der Waals surface area (Å²) in [6, 6.07) is 17.5. The number of nitrogens with two attached hydrogens (primary N) is 1. The third-order valence-corrected chi connectivity index (χ3v) is 6.26. The Morgan fingerprint density at radius 2 is 1.89 bits per heavy atom. The molecule has 0 fully saturated rings. The number of rotatable bonds is 3. The van der Waals surface area contributed by atoms with Crippen LogP contribution in [0.2, 0.25) is 0 Å². The van der Waals surface area contributed by atoms with Gasteiger partial charge in [-0.15, -0.1) is 11.3 Å². The number of nitrogens with zero attached hydrogens (tertiary/aromatic N) is 3. The van der Waals surface area contributed by atoms with Gasteiger partial charge < -0.3 is 10.5 Å². The van der Waals surface area contributed by atoms with Gasteiger partial charge >= 0.3 is 0 Å². The molecule has 5 rings (SSSR count). The van der Waals surface area contributed by atoms with Crippen molar-refractivity contribution >= 4 is 33.5 Å². The zero-order valence-corrected chi connectivity index (χ0v) is 15.9. The summed E-state index contributed by atoms with van der Waals surface area (Å²) in [4.78, 5) is 12.7. The third kappa shape index (κ3) is 2.36. The molecule has 1 atom stereocenters. The van der Waals surface area contributed by atoms with Crippen molar-refractivity contribution in [2.24, 2.45) is 10.8 Å². The number of aldehydes is 1. The molecule has 0 saturated heterocycles. The third-order valence-electron chi connectivity index (χ3n) is 4.98. The lowest BCUT2D eigenvalue weighted by atomic mass is 10.0. The molecule has 28 heavy (non-hydrogen) atoms. The van der Waals surface area contributed by atoms with E-state index in [1.165, 1.54) is 10.1 Å². The van der Waals surface area contributed by atoms with Crippen LogP contribution in [0.5, 0.6) is 0 Å². The molecule has 0 bridgehead atoms. The van der Waals surface area contributed by atoms with Crippen molar-refractivity contribution in [1.82, 2.24) is 15.2 Å². The second kappa shape index (κ2) is 6.31. The van der Waals surface area contributed by atoms with E-state index in [9.17, 15) is 4.79 Å². The molecule has 1 unspecified atom stereocenters. The molecular weight excluding hydrogens is 370 g/mol. The number of fused-ring (bicyclic) bond motifs is 2. The van der Waals surface area contributed by atoms with Crippen molar-refractivity contribution < 1.29 is 4.79 Å². The van der Waals surface area contributed by atoms with E-state index in [4.69, 9.17) is 10.8 Å². The average molecular weight is 387 g/mol. The van der Waals surface area contributed by atoms with Crippen LogP contribution in [0.3, 0.4) is 0 Å². The van der Waals surface area contributed by atoms with Gasteiger partial charge in [0.1, 0.15) is 18.0 Å². The fraction of sp³-hybridized carbons (Fsp3) is 0.0952. The van der Waals surface area contributed by atoms with E-state index in [-0.39, 0.29) is 0 Å². The SMILES string of the molecule is Cc1c(-c2c3c(nn2-c2ccccc2)C(C=O)NN=C3N)sc2ccccc12. The van der Waals surface area contributed by atoms with Gasteiger partial charge in [0.25, 0.3) is 0 Å². The van der Waals surface area contributed by atoms with E-state index in [2.05, 4.69) is 29.6 Å². The highest BCUT2D eigenvalue weighted by Gasteiger charge is 2.32. The minimum absolute atomic E-state index is 0.335. The van der Waals surface area contributed by atoms with Crippen LogP contribution < -0.4 is 11.2 Å².